The van der Waals surface area contributed by atoms with E-state index in [4.69, 9.17) is 0 Å². The summed E-state index contributed by atoms with van der Waals surface area (Å²) in [7, 11) is 0. The summed E-state index contributed by atoms with van der Waals surface area (Å²) in [6.45, 7) is 4.11. The highest BCUT2D eigenvalue weighted by molar-refractivity contribution is 5.99. The van der Waals surface area contributed by atoms with Crippen molar-refractivity contribution in [3.63, 3.8) is 0 Å². The molecule has 0 aromatic heterocycles. The van der Waals surface area contributed by atoms with Crippen molar-refractivity contribution in [2.75, 3.05) is 0 Å². The molecule has 0 aliphatic heterocycles. The molecule has 214 valence electrons. The Bertz CT molecular complexity index is 1970. The summed E-state index contributed by atoms with van der Waals surface area (Å²) in [5.74, 6) is 0.536. The van der Waals surface area contributed by atoms with Crippen LogP contribution in [0, 0.1) is 5.92 Å². The Morgan fingerprint density at radius 3 is 2.41 bits per heavy atom. The lowest BCUT2D eigenvalue weighted by Crippen LogP contribution is -2.27. The van der Waals surface area contributed by atoms with Crippen molar-refractivity contribution >= 4 is 10.8 Å². The number of aliphatic hydroxyl groups excluding tert-OH is 1. The molecule has 7 rings (SSSR count). The molecule has 0 heterocycles. The molecule has 44 heavy (non-hydrogen) atoms. The Labute approximate surface area is 260 Å². The highest BCUT2D eigenvalue weighted by Crippen LogP contribution is 2.58. The number of rotatable bonds is 3. The second-order valence-electron chi connectivity index (χ2n) is 12.0. The molecule has 0 fully saturated rings. The fourth-order valence-electron chi connectivity index (χ4n) is 7.19. The second kappa shape index (κ2) is 11.9. The van der Waals surface area contributed by atoms with E-state index in [0.717, 1.165) is 24.0 Å². The Hall–Kier alpha value is -5.14. The van der Waals surface area contributed by atoms with Crippen LogP contribution in [0.4, 0.5) is 0 Å². The molecular weight excluding hydrogens is 532 g/mol. The minimum atomic E-state index is -0.585. The van der Waals surface area contributed by atoms with Gasteiger partial charge in [-0.15, -0.1) is 0 Å². The molecule has 3 aliphatic carbocycles. The quantitative estimate of drug-likeness (QED) is 0.244. The van der Waals surface area contributed by atoms with Gasteiger partial charge in [0, 0.05) is 5.57 Å². The van der Waals surface area contributed by atoms with Crippen molar-refractivity contribution in [3.05, 3.63) is 192 Å². The van der Waals surface area contributed by atoms with Crippen molar-refractivity contribution in [1.82, 2.24) is 0 Å². The molecule has 2 atom stereocenters. The summed E-state index contributed by atoms with van der Waals surface area (Å²) in [4.78, 5) is 0. The SMILES string of the molecule is C=C1/C=C\C=C/CC2(C(=C\O)/C=C\C=C/1)c1cc(-c3cccc(CC4C=CC=CC4)c3)ccc1-c1ccc3ccccc3c12. The van der Waals surface area contributed by atoms with Gasteiger partial charge in [0.15, 0.2) is 0 Å². The first-order chi connectivity index (χ1) is 21.7. The molecule has 4 aromatic rings. The van der Waals surface area contributed by atoms with Crippen molar-refractivity contribution in [2.45, 2.75) is 24.7 Å². The number of allylic oxidation sites excluding steroid dienone is 14. The van der Waals surface area contributed by atoms with Crippen molar-refractivity contribution in [2.24, 2.45) is 5.92 Å². The van der Waals surface area contributed by atoms with E-state index < -0.39 is 5.41 Å². The third kappa shape index (κ3) is 4.95. The van der Waals surface area contributed by atoms with E-state index in [1.807, 2.05) is 30.4 Å². The van der Waals surface area contributed by atoms with Gasteiger partial charge in [-0.05, 0) is 86.5 Å². The summed E-state index contributed by atoms with van der Waals surface area (Å²) in [6.07, 6.45) is 29.5. The Morgan fingerprint density at radius 2 is 1.55 bits per heavy atom. The number of aliphatic hydroxyl groups is 1. The third-order valence-electron chi connectivity index (χ3n) is 9.26. The zero-order valence-electron chi connectivity index (χ0n) is 24.9. The molecule has 0 amide bonds. The van der Waals surface area contributed by atoms with Crippen molar-refractivity contribution < 1.29 is 5.11 Å². The topological polar surface area (TPSA) is 20.2 Å². The van der Waals surface area contributed by atoms with E-state index in [0.29, 0.717) is 12.3 Å². The van der Waals surface area contributed by atoms with Crippen LogP contribution in [0.2, 0.25) is 0 Å². The maximum atomic E-state index is 11.0. The van der Waals surface area contributed by atoms with Gasteiger partial charge in [-0.2, -0.15) is 0 Å². The molecule has 0 radical (unpaired) electrons. The van der Waals surface area contributed by atoms with Crippen LogP contribution in [0.25, 0.3) is 33.0 Å². The summed E-state index contributed by atoms with van der Waals surface area (Å²) < 4.78 is 0. The Kier molecular flexibility index (Phi) is 7.46. The summed E-state index contributed by atoms with van der Waals surface area (Å²) in [5.41, 5.74) is 9.87. The fourth-order valence-corrected chi connectivity index (χ4v) is 7.19. The molecule has 1 nitrogen and oxygen atoms in total. The number of benzene rings is 4. The first-order valence-corrected chi connectivity index (χ1v) is 15.5. The maximum Gasteiger partial charge on any atom is 0.0836 e. The maximum absolute atomic E-state index is 11.0. The van der Waals surface area contributed by atoms with Gasteiger partial charge in [0.2, 0.25) is 0 Å². The predicted octanol–water partition coefficient (Wildman–Crippen LogP) is 11.1. The molecule has 1 heteroatoms. The predicted molar refractivity (Wildman–Crippen MR) is 187 cm³/mol. The lowest BCUT2D eigenvalue weighted by atomic mass is 9.68. The zero-order chi connectivity index (χ0) is 29.9. The van der Waals surface area contributed by atoms with Gasteiger partial charge in [0.05, 0.1) is 11.7 Å². The molecule has 1 N–H and O–H groups in total. The average molecular weight is 569 g/mol. The van der Waals surface area contributed by atoms with Crippen LogP contribution < -0.4 is 0 Å². The zero-order valence-corrected chi connectivity index (χ0v) is 24.9. The Morgan fingerprint density at radius 1 is 0.750 bits per heavy atom. The summed E-state index contributed by atoms with van der Waals surface area (Å²) in [5, 5.41) is 13.4. The first-order valence-electron chi connectivity index (χ1n) is 15.5. The average Bonchev–Trinajstić information content (AvgIpc) is 3.34. The Balaban J connectivity index is 1.43. The van der Waals surface area contributed by atoms with Crippen molar-refractivity contribution in [1.29, 1.82) is 0 Å². The third-order valence-corrected chi connectivity index (χ3v) is 9.26. The normalized spacial score (nSPS) is 24.4. The van der Waals surface area contributed by atoms with E-state index in [1.54, 1.807) is 0 Å². The monoisotopic (exact) mass is 568 g/mol. The minimum absolute atomic E-state index is 0.536. The molecule has 3 aliphatic rings. The molecule has 2 unspecified atom stereocenters. The molecule has 0 bridgehead atoms. The lowest BCUT2D eigenvalue weighted by molar-refractivity contribution is 0.455. The molecule has 0 saturated carbocycles. The van der Waals surface area contributed by atoms with E-state index in [9.17, 15) is 5.11 Å². The highest BCUT2D eigenvalue weighted by Gasteiger charge is 2.46. The van der Waals surface area contributed by atoms with Gasteiger partial charge in [0.25, 0.3) is 0 Å². The fraction of sp³-hybridized carbons (Fsp3) is 0.116. The van der Waals surface area contributed by atoms with E-state index in [-0.39, 0.29) is 0 Å². The smallest absolute Gasteiger partial charge is 0.0836 e. The van der Waals surface area contributed by atoms with Gasteiger partial charge < -0.3 is 5.11 Å². The van der Waals surface area contributed by atoms with E-state index in [2.05, 4.69) is 128 Å². The summed E-state index contributed by atoms with van der Waals surface area (Å²) in [6, 6.07) is 29.0. The van der Waals surface area contributed by atoms with Gasteiger partial charge in [-0.25, -0.2) is 0 Å². The standard InChI is InChI=1S/C43H36O/c1-31-13-4-3-11-26-43(37(30-44)20-9-7-14-31)41-29-36(35-19-12-17-33(28-35)27-32-15-5-2-6-16-32)23-24-39(41)40-25-22-34-18-8-10-21-38(34)42(40)43/h2-15,17-25,28-30,32,44H,1,16,26-27H2/b11-3-,13-4-,14-7-,20-9-,37-30-. The lowest BCUT2D eigenvalue weighted by Gasteiger charge is -2.33. The number of hydrogen-bond acceptors (Lipinski definition) is 1. The van der Waals surface area contributed by atoms with Crippen LogP contribution in [0.3, 0.4) is 0 Å². The van der Waals surface area contributed by atoms with Crippen LogP contribution in [-0.2, 0) is 11.8 Å². The van der Waals surface area contributed by atoms with E-state index in [1.165, 1.54) is 56.0 Å². The molecule has 0 saturated heterocycles. The number of hydrogen-bond donors (Lipinski definition) is 1. The molecular formula is C43H36O. The van der Waals surface area contributed by atoms with Crippen LogP contribution in [0.5, 0.6) is 0 Å². The van der Waals surface area contributed by atoms with Crippen LogP contribution in [0.15, 0.2) is 176 Å². The van der Waals surface area contributed by atoms with E-state index >= 15 is 0 Å². The van der Waals surface area contributed by atoms with Gasteiger partial charge in [-0.3, -0.25) is 0 Å². The highest BCUT2D eigenvalue weighted by atomic mass is 16.2. The van der Waals surface area contributed by atoms with Crippen molar-refractivity contribution in [3.8, 4) is 22.3 Å². The van der Waals surface area contributed by atoms with Crippen LogP contribution in [-0.4, -0.2) is 5.11 Å². The second-order valence-corrected chi connectivity index (χ2v) is 12.0. The largest absolute Gasteiger partial charge is 0.515 e. The van der Waals surface area contributed by atoms with Crippen LogP contribution >= 0.6 is 0 Å². The first kappa shape index (κ1) is 27.7. The minimum Gasteiger partial charge on any atom is -0.515 e. The van der Waals surface area contributed by atoms with Crippen LogP contribution in [0.1, 0.15) is 29.5 Å². The van der Waals surface area contributed by atoms with Gasteiger partial charge in [-0.1, -0.05) is 152 Å². The molecule has 1 spiro atoms. The summed E-state index contributed by atoms with van der Waals surface area (Å²) >= 11 is 0. The number of fused-ring (bicyclic) bond motifs is 7. The van der Waals surface area contributed by atoms with Gasteiger partial charge >= 0.3 is 0 Å². The van der Waals surface area contributed by atoms with Gasteiger partial charge in [0.1, 0.15) is 0 Å². The molecule has 4 aromatic carbocycles.